The molecule has 0 saturated carbocycles. The summed E-state index contributed by atoms with van der Waals surface area (Å²) in [5.41, 5.74) is 3.57. The minimum atomic E-state index is 0.323. The zero-order valence-electron chi connectivity index (χ0n) is 10.1. The van der Waals surface area contributed by atoms with E-state index in [1.54, 1.807) is 0 Å². The van der Waals surface area contributed by atoms with Crippen molar-refractivity contribution in [1.82, 2.24) is 0 Å². The van der Waals surface area contributed by atoms with Gasteiger partial charge in [0.15, 0.2) is 0 Å². The van der Waals surface area contributed by atoms with Crippen molar-refractivity contribution in [2.75, 3.05) is 0 Å². The lowest BCUT2D eigenvalue weighted by atomic mass is 9.87. The van der Waals surface area contributed by atoms with E-state index < -0.39 is 0 Å². The number of aldehydes is 1. The zero-order valence-corrected chi connectivity index (χ0v) is 10.1. The molecule has 82 valence electrons. The SMILES string of the molecule is Cc1ccc(C=O)c(CCC(C)(C)C)c1. The van der Waals surface area contributed by atoms with Crippen LogP contribution in [0.15, 0.2) is 18.2 Å². The molecule has 0 unspecified atom stereocenters. The molecule has 0 aliphatic rings. The second kappa shape index (κ2) is 4.61. The molecule has 0 saturated heterocycles. The number of carbonyl (C=O) groups is 1. The summed E-state index contributed by atoms with van der Waals surface area (Å²) in [5, 5.41) is 0. The lowest BCUT2D eigenvalue weighted by molar-refractivity contribution is 0.112. The van der Waals surface area contributed by atoms with Gasteiger partial charge in [0.05, 0.1) is 0 Å². The Morgan fingerprint density at radius 3 is 2.47 bits per heavy atom. The van der Waals surface area contributed by atoms with E-state index in [1.807, 2.05) is 12.1 Å². The molecule has 0 aliphatic heterocycles. The van der Waals surface area contributed by atoms with Crippen LogP contribution in [-0.4, -0.2) is 6.29 Å². The van der Waals surface area contributed by atoms with Gasteiger partial charge in [-0.1, -0.05) is 44.5 Å². The van der Waals surface area contributed by atoms with Crippen molar-refractivity contribution >= 4 is 6.29 Å². The Kier molecular flexibility index (Phi) is 3.67. The lowest BCUT2D eigenvalue weighted by Gasteiger charge is -2.18. The number of rotatable bonds is 3. The molecular weight excluding hydrogens is 184 g/mol. The maximum atomic E-state index is 10.9. The van der Waals surface area contributed by atoms with Gasteiger partial charge in [-0.2, -0.15) is 0 Å². The van der Waals surface area contributed by atoms with Crippen LogP contribution in [0.1, 0.15) is 48.7 Å². The Labute approximate surface area is 92.5 Å². The molecule has 0 radical (unpaired) electrons. The van der Waals surface area contributed by atoms with Crippen molar-refractivity contribution in [2.24, 2.45) is 5.41 Å². The molecule has 15 heavy (non-hydrogen) atoms. The number of benzene rings is 1. The zero-order chi connectivity index (χ0) is 11.5. The van der Waals surface area contributed by atoms with E-state index in [2.05, 4.69) is 33.8 Å². The first kappa shape index (κ1) is 12.0. The molecule has 0 bridgehead atoms. The minimum absolute atomic E-state index is 0.323. The second-order valence-electron chi connectivity index (χ2n) is 5.38. The van der Waals surface area contributed by atoms with Crippen molar-refractivity contribution in [2.45, 2.75) is 40.5 Å². The van der Waals surface area contributed by atoms with Gasteiger partial charge in [0, 0.05) is 5.56 Å². The van der Waals surface area contributed by atoms with Crippen LogP contribution in [0.2, 0.25) is 0 Å². The molecule has 0 aliphatic carbocycles. The van der Waals surface area contributed by atoms with E-state index in [-0.39, 0.29) is 0 Å². The van der Waals surface area contributed by atoms with Crippen LogP contribution in [-0.2, 0) is 6.42 Å². The molecule has 0 spiro atoms. The normalized spacial score (nSPS) is 11.5. The van der Waals surface area contributed by atoms with E-state index in [4.69, 9.17) is 0 Å². The lowest BCUT2D eigenvalue weighted by Crippen LogP contribution is -2.07. The molecule has 1 rings (SSSR count). The van der Waals surface area contributed by atoms with Crippen LogP contribution in [0.5, 0.6) is 0 Å². The molecule has 0 amide bonds. The summed E-state index contributed by atoms with van der Waals surface area (Å²) in [6.45, 7) is 8.74. The van der Waals surface area contributed by atoms with Gasteiger partial charge in [-0.15, -0.1) is 0 Å². The van der Waals surface area contributed by atoms with Gasteiger partial charge >= 0.3 is 0 Å². The van der Waals surface area contributed by atoms with Gasteiger partial charge in [0.2, 0.25) is 0 Å². The average molecular weight is 204 g/mol. The van der Waals surface area contributed by atoms with Crippen LogP contribution in [0.3, 0.4) is 0 Å². The standard InChI is InChI=1S/C14H20O/c1-11-5-6-13(10-15)12(9-11)7-8-14(2,3)4/h5-6,9-10H,7-8H2,1-4H3. The van der Waals surface area contributed by atoms with E-state index in [0.717, 1.165) is 24.7 Å². The fourth-order valence-electron chi connectivity index (χ4n) is 1.58. The van der Waals surface area contributed by atoms with Gasteiger partial charge in [0.25, 0.3) is 0 Å². The first-order valence-corrected chi connectivity index (χ1v) is 5.47. The molecular formula is C14H20O. The Morgan fingerprint density at radius 2 is 1.93 bits per heavy atom. The van der Waals surface area contributed by atoms with Crippen molar-refractivity contribution in [3.05, 3.63) is 34.9 Å². The number of hydrogen-bond acceptors (Lipinski definition) is 1. The third-order valence-corrected chi connectivity index (χ3v) is 2.57. The highest BCUT2D eigenvalue weighted by Gasteiger charge is 2.11. The highest BCUT2D eigenvalue weighted by atomic mass is 16.1. The van der Waals surface area contributed by atoms with Gasteiger partial charge in [-0.25, -0.2) is 0 Å². The van der Waals surface area contributed by atoms with Crippen molar-refractivity contribution in [3.8, 4) is 0 Å². The van der Waals surface area contributed by atoms with E-state index >= 15 is 0 Å². The Balaban J connectivity index is 2.83. The summed E-state index contributed by atoms with van der Waals surface area (Å²) in [7, 11) is 0. The molecule has 0 N–H and O–H groups in total. The van der Waals surface area contributed by atoms with Crippen molar-refractivity contribution < 1.29 is 4.79 Å². The summed E-state index contributed by atoms with van der Waals surface area (Å²) < 4.78 is 0. The van der Waals surface area contributed by atoms with E-state index in [9.17, 15) is 4.79 Å². The molecule has 0 heterocycles. The maximum absolute atomic E-state index is 10.9. The first-order chi connectivity index (χ1) is 6.92. The summed E-state index contributed by atoms with van der Waals surface area (Å²) in [6.07, 6.45) is 3.05. The van der Waals surface area contributed by atoms with Gasteiger partial charge in [0.1, 0.15) is 6.29 Å². The maximum Gasteiger partial charge on any atom is 0.150 e. The Hall–Kier alpha value is -1.11. The molecule has 1 aromatic rings. The highest BCUT2D eigenvalue weighted by Crippen LogP contribution is 2.23. The van der Waals surface area contributed by atoms with Gasteiger partial charge in [-0.3, -0.25) is 4.79 Å². The first-order valence-electron chi connectivity index (χ1n) is 5.47. The van der Waals surface area contributed by atoms with E-state index in [1.165, 1.54) is 11.1 Å². The summed E-state index contributed by atoms with van der Waals surface area (Å²) in [6, 6.07) is 6.03. The largest absolute Gasteiger partial charge is 0.298 e. The molecule has 1 aromatic carbocycles. The van der Waals surface area contributed by atoms with Crippen LogP contribution in [0.4, 0.5) is 0 Å². The van der Waals surface area contributed by atoms with Crippen molar-refractivity contribution in [1.29, 1.82) is 0 Å². The third-order valence-electron chi connectivity index (χ3n) is 2.57. The van der Waals surface area contributed by atoms with Crippen LogP contribution in [0.25, 0.3) is 0 Å². The van der Waals surface area contributed by atoms with Gasteiger partial charge in [-0.05, 0) is 30.7 Å². The number of hydrogen-bond donors (Lipinski definition) is 0. The van der Waals surface area contributed by atoms with Crippen molar-refractivity contribution in [3.63, 3.8) is 0 Å². The summed E-state index contributed by atoms with van der Waals surface area (Å²) in [4.78, 5) is 10.9. The Bertz CT molecular complexity index is 345. The predicted octanol–water partition coefficient (Wildman–Crippen LogP) is 3.79. The molecule has 0 fully saturated rings. The Morgan fingerprint density at radius 1 is 1.27 bits per heavy atom. The number of aryl methyl sites for hydroxylation is 2. The molecule has 1 nitrogen and oxygen atoms in total. The number of carbonyl (C=O) groups excluding carboxylic acids is 1. The summed E-state index contributed by atoms with van der Waals surface area (Å²) in [5.74, 6) is 0. The predicted molar refractivity (Wildman–Crippen MR) is 64.3 cm³/mol. The fraction of sp³-hybridized carbons (Fsp3) is 0.500. The third kappa shape index (κ3) is 3.86. The second-order valence-corrected chi connectivity index (χ2v) is 5.38. The van der Waals surface area contributed by atoms with Crippen LogP contribution >= 0.6 is 0 Å². The highest BCUT2D eigenvalue weighted by molar-refractivity contribution is 5.77. The average Bonchev–Trinajstić information content (AvgIpc) is 2.14. The smallest absolute Gasteiger partial charge is 0.150 e. The quantitative estimate of drug-likeness (QED) is 0.685. The topological polar surface area (TPSA) is 17.1 Å². The monoisotopic (exact) mass is 204 g/mol. The molecule has 1 heteroatoms. The van der Waals surface area contributed by atoms with Crippen LogP contribution < -0.4 is 0 Å². The molecule has 0 aromatic heterocycles. The molecule has 0 atom stereocenters. The van der Waals surface area contributed by atoms with E-state index in [0.29, 0.717) is 5.41 Å². The van der Waals surface area contributed by atoms with Crippen LogP contribution in [0, 0.1) is 12.3 Å². The van der Waals surface area contributed by atoms with Gasteiger partial charge < -0.3 is 0 Å². The minimum Gasteiger partial charge on any atom is -0.298 e. The fourth-order valence-corrected chi connectivity index (χ4v) is 1.58. The summed E-state index contributed by atoms with van der Waals surface area (Å²) >= 11 is 0.